The third-order valence-corrected chi connectivity index (χ3v) is 7.18. The summed E-state index contributed by atoms with van der Waals surface area (Å²) in [5.41, 5.74) is 0.945. The highest BCUT2D eigenvalue weighted by Crippen LogP contribution is 2.69. The van der Waals surface area contributed by atoms with Crippen LogP contribution in [0.5, 0.6) is 0 Å². The Morgan fingerprint density at radius 3 is 2.59 bits per heavy atom. The fourth-order valence-corrected chi connectivity index (χ4v) is 5.81. The summed E-state index contributed by atoms with van der Waals surface area (Å²) in [4.78, 5) is 38.0. The van der Waals surface area contributed by atoms with E-state index >= 15 is 0 Å². The van der Waals surface area contributed by atoms with Crippen LogP contribution in [-0.4, -0.2) is 31.1 Å². The smallest absolute Gasteiger partial charge is 0.333 e. The molecule has 164 valence electrons. The fraction of sp³-hybridized carbons (Fsp3) is 0.320. The van der Waals surface area contributed by atoms with E-state index in [2.05, 4.69) is 6.58 Å². The van der Waals surface area contributed by atoms with Crippen LogP contribution in [0, 0.1) is 11.3 Å². The van der Waals surface area contributed by atoms with E-state index < -0.39 is 34.8 Å². The lowest BCUT2D eigenvalue weighted by atomic mass is 9.46. The number of hydrogen-bond donors (Lipinski definition) is 0. The minimum atomic E-state index is -1.33. The van der Waals surface area contributed by atoms with E-state index in [-0.39, 0.29) is 24.7 Å². The van der Waals surface area contributed by atoms with E-state index in [0.29, 0.717) is 5.02 Å². The molecule has 0 amide bonds. The maximum absolute atomic E-state index is 13.2. The molecule has 1 heterocycles. The fourth-order valence-electron chi connectivity index (χ4n) is 5.64. The van der Waals surface area contributed by atoms with Crippen LogP contribution in [0.15, 0.2) is 54.6 Å². The van der Waals surface area contributed by atoms with E-state index in [4.69, 9.17) is 25.8 Å². The van der Waals surface area contributed by atoms with Crippen molar-refractivity contribution in [1.82, 2.24) is 0 Å². The molecule has 0 saturated carbocycles. The summed E-state index contributed by atoms with van der Waals surface area (Å²) in [6.07, 6.45) is 0. The molecular formula is C25H21ClO6. The molecule has 32 heavy (non-hydrogen) atoms. The normalized spacial score (nSPS) is 29.1. The van der Waals surface area contributed by atoms with Gasteiger partial charge in [-0.1, -0.05) is 48.5 Å². The number of halogens is 1. The number of rotatable bonds is 5. The Balaban J connectivity index is 1.70. The molecule has 4 atom stereocenters. The van der Waals surface area contributed by atoms with Crippen LogP contribution in [0.25, 0.3) is 0 Å². The molecule has 1 fully saturated rings. The van der Waals surface area contributed by atoms with Crippen molar-refractivity contribution >= 4 is 29.5 Å². The molecule has 0 N–H and O–H groups in total. The Hall–Kier alpha value is -2.96. The zero-order valence-corrected chi connectivity index (χ0v) is 18.4. The minimum Gasteiger partial charge on any atom is -0.460 e. The first kappa shape index (κ1) is 20.9. The number of benzene rings is 2. The van der Waals surface area contributed by atoms with Crippen molar-refractivity contribution in [3.63, 3.8) is 0 Å². The summed E-state index contributed by atoms with van der Waals surface area (Å²) in [6.45, 7) is 6.80. The molecule has 4 aliphatic rings. The summed E-state index contributed by atoms with van der Waals surface area (Å²) in [5.74, 6) is -2.80. The summed E-state index contributed by atoms with van der Waals surface area (Å²) in [6, 6.07) is 13.1. The number of ether oxygens (including phenoxy) is 3. The lowest BCUT2D eigenvalue weighted by Crippen LogP contribution is -2.62. The highest BCUT2D eigenvalue weighted by molar-refractivity contribution is 6.30. The molecular weight excluding hydrogens is 432 g/mol. The molecule has 1 saturated heterocycles. The molecule has 0 spiro atoms. The van der Waals surface area contributed by atoms with Crippen molar-refractivity contribution < 1.29 is 28.6 Å². The van der Waals surface area contributed by atoms with Gasteiger partial charge in [0, 0.05) is 16.5 Å². The largest absolute Gasteiger partial charge is 0.460 e. The van der Waals surface area contributed by atoms with Gasteiger partial charge in [-0.05, 0) is 48.2 Å². The lowest BCUT2D eigenvalue weighted by Gasteiger charge is -2.57. The van der Waals surface area contributed by atoms with Crippen molar-refractivity contribution in [2.24, 2.45) is 11.3 Å². The summed E-state index contributed by atoms with van der Waals surface area (Å²) >= 11 is 6.38. The second-order valence-electron chi connectivity index (χ2n) is 8.63. The molecule has 6 rings (SSSR count). The topological polar surface area (TPSA) is 78.9 Å². The predicted molar refractivity (Wildman–Crippen MR) is 115 cm³/mol. The molecule has 2 aromatic carbocycles. The van der Waals surface area contributed by atoms with Gasteiger partial charge >= 0.3 is 17.9 Å². The van der Waals surface area contributed by atoms with Crippen LogP contribution in [0.2, 0.25) is 5.02 Å². The minimum absolute atomic E-state index is 0.00620. The van der Waals surface area contributed by atoms with Gasteiger partial charge in [-0.15, -0.1) is 0 Å². The van der Waals surface area contributed by atoms with Crippen LogP contribution in [0.4, 0.5) is 0 Å². The Bertz CT molecular complexity index is 1200. The summed E-state index contributed by atoms with van der Waals surface area (Å²) in [7, 11) is 0. The van der Waals surface area contributed by atoms with Gasteiger partial charge < -0.3 is 14.2 Å². The standard InChI is InChI=1S/C25H21ClO6/c1-13(2)21(27)30-10-11-31-25-17-7-5-4-6-15(17)19(16-9-8-14(26)12-18(16)25)20-22(28)32-23(29)24(20,25)3/h4-9,12,19-20H,1,10-11H2,2-3H3. The van der Waals surface area contributed by atoms with Gasteiger partial charge in [0.1, 0.15) is 17.6 Å². The van der Waals surface area contributed by atoms with Gasteiger partial charge in [-0.2, -0.15) is 0 Å². The van der Waals surface area contributed by atoms with E-state index in [9.17, 15) is 14.4 Å². The third-order valence-electron chi connectivity index (χ3n) is 6.95. The highest BCUT2D eigenvalue weighted by atomic mass is 35.5. The molecule has 0 radical (unpaired) electrons. The van der Waals surface area contributed by atoms with Gasteiger partial charge in [0.05, 0.1) is 12.5 Å². The van der Waals surface area contributed by atoms with Crippen LogP contribution in [-0.2, 0) is 34.2 Å². The quantitative estimate of drug-likeness (QED) is 0.296. The molecule has 3 aliphatic carbocycles. The molecule has 4 unspecified atom stereocenters. The van der Waals surface area contributed by atoms with Gasteiger partial charge in [0.15, 0.2) is 0 Å². The molecule has 6 nitrogen and oxygen atoms in total. The maximum atomic E-state index is 13.2. The van der Waals surface area contributed by atoms with Gasteiger partial charge in [0.25, 0.3) is 0 Å². The monoisotopic (exact) mass is 452 g/mol. The van der Waals surface area contributed by atoms with E-state index in [1.165, 1.54) is 0 Å². The maximum Gasteiger partial charge on any atom is 0.333 e. The number of esters is 3. The zero-order chi connectivity index (χ0) is 22.8. The van der Waals surface area contributed by atoms with Crippen molar-refractivity contribution in [3.05, 3.63) is 81.9 Å². The number of hydrogen-bond acceptors (Lipinski definition) is 6. The number of carbonyl (C=O) groups excluding carboxylic acids is 3. The Labute approximate surface area is 190 Å². The number of carbonyl (C=O) groups is 3. The van der Waals surface area contributed by atoms with Gasteiger partial charge in [0.2, 0.25) is 0 Å². The Morgan fingerprint density at radius 2 is 1.84 bits per heavy atom. The first-order valence-electron chi connectivity index (χ1n) is 10.4. The molecule has 1 aliphatic heterocycles. The van der Waals surface area contributed by atoms with Gasteiger partial charge in [-0.3, -0.25) is 9.59 Å². The first-order chi connectivity index (χ1) is 15.2. The first-order valence-corrected chi connectivity index (χ1v) is 10.7. The number of cyclic esters (lactones) is 2. The molecule has 2 aromatic rings. The lowest BCUT2D eigenvalue weighted by molar-refractivity contribution is -0.177. The highest BCUT2D eigenvalue weighted by Gasteiger charge is 2.75. The van der Waals surface area contributed by atoms with Crippen LogP contribution >= 0.6 is 11.6 Å². The van der Waals surface area contributed by atoms with Crippen LogP contribution < -0.4 is 0 Å². The molecule has 7 heteroatoms. The Kier molecular flexibility index (Phi) is 4.59. The van der Waals surface area contributed by atoms with Crippen LogP contribution in [0.1, 0.15) is 42.0 Å². The van der Waals surface area contributed by atoms with Crippen molar-refractivity contribution in [2.45, 2.75) is 25.4 Å². The summed E-state index contributed by atoms with van der Waals surface area (Å²) < 4.78 is 16.9. The molecule has 0 aromatic heterocycles. The average molecular weight is 453 g/mol. The third kappa shape index (κ3) is 2.48. The molecule has 2 bridgehead atoms. The van der Waals surface area contributed by atoms with Crippen molar-refractivity contribution in [1.29, 1.82) is 0 Å². The second-order valence-corrected chi connectivity index (χ2v) is 9.07. The van der Waals surface area contributed by atoms with E-state index in [1.54, 1.807) is 26.0 Å². The van der Waals surface area contributed by atoms with Crippen LogP contribution in [0.3, 0.4) is 0 Å². The van der Waals surface area contributed by atoms with E-state index in [0.717, 1.165) is 22.3 Å². The second kappa shape index (κ2) is 7.02. The average Bonchev–Trinajstić information content (AvgIpc) is 3.00. The van der Waals surface area contributed by atoms with Crippen molar-refractivity contribution in [2.75, 3.05) is 13.2 Å². The zero-order valence-electron chi connectivity index (χ0n) is 17.6. The predicted octanol–water partition coefficient (Wildman–Crippen LogP) is 3.88. The van der Waals surface area contributed by atoms with E-state index in [1.807, 2.05) is 30.3 Å². The summed E-state index contributed by atoms with van der Waals surface area (Å²) in [5, 5.41) is 0.489. The Morgan fingerprint density at radius 1 is 1.12 bits per heavy atom. The van der Waals surface area contributed by atoms with Crippen molar-refractivity contribution in [3.8, 4) is 0 Å². The SMILES string of the molecule is C=C(C)C(=O)OCCOC12c3ccccc3C(c3ccc(Cl)cc31)C1C(=O)OC(=O)C12C. The van der Waals surface area contributed by atoms with Gasteiger partial charge in [-0.25, -0.2) is 4.79 Å².